The van der Waals surface area contributed by atoms with Gasteiger partial charge >= 0.3 is 18.2 Å². The maximum atomic E-state index is 13.0. The van der Waals surface area contributed by atoms with Crippen LogP contribution < -0.4 is 5.32 Å². The first kappa shape index (κ1) is 17.6. The van der Waals surface area contributed by atoms with Crippen molar-refractivity contribution in [1.29, 1.82) is 0 Å². The van der Waals surface area contributed by atoms with Crippen molar-refractivity contribution in [3.05, 3.63) is 0 Å². The molecule has 0 aromatic rings. The Morgan fingerprint density at radius 1 is 1.38 bits per heavy atom. The largest absolute Gasteiger partial charge is 0.481 e. The summed E-state index contributed by atoms with van der Waals surface area (Å²) in [6.45, 7) is 3.41. The number of hydrogen-bond donors (Lipinski definition) is 2. The number of likely N-dealkylation sites (tertiary alicyclic amines) is 1. The molecule has 1 aliphatic heterocycles. The first-order valence-corrected chi connectivity index (χ1v) is 6.93. The van der Waals surface area contributed by atoms with Crippen LogP contribution in [0.1, 0.15) is 33.1 Å². The first-order valence-electron chi connectivity index (χ1n) is 6.93. The van der Waals surface area contributed by atoms with Crippen LogP contribution >= 0.6 is 0 Å². The van der Waals surface area contributed by atoms with Crippen LogP contribution in [0.4, 0.5) is 18.0 Å². The van der Waals surface area contributed by atoms with Crippen molar-refractivity contribution >= 4 is 12.0 Å². The zero-order chi connectivity index (χ0) is 16.3. The van der Waals surface area contributed by atoms with Crippen LogP contribution in [0.25, 0.3) is 0 Å². The number of aliphatic carboxylic acids is 1. The standard InChI is InChI=1S/C13H21F3N2O3/c1-9(2)4-3-6-17-11(21)18-7-5-12(8-18,10(19)20)13(14,15)16/h9H,3-8H2,1-2H3,(H,17,21)(H,19,20). The van der Waals surface area contributed by atoms with Crippen molar-refractivity contribution in [3.63, 3.8) is 0 Å². The molecule has 1 heterocycles. The highest BCUT2D eigenvalue weighted by Crippen LogP contribution is 2.45. The lowest BCUT2D eigenvalue weighted by Crippen LogP contribution is -2.49. The van der Waals surface area contributed by atoms with Gasteiger partial charge in [0.15, 0.2) is 5.41 Å². The number of carboxylic acid groups (broad SMARTS) is 1. The van der Waals surface area contributed by atoms with E-state index in [-0.39, 0.29) is 6.54 Å². The number of nitrogens with zero attached hydrogens (tertiary/aromatic N) is 1. The Balaban J connectivity index is 2.56. The third-order valence-corrected chi connectivity index (χ3v) is 3.74. The molecule has 1 atom stereocenters. The van der Waals surface area contributed by atoms with Gasteiger partial charge in [0.2, 0.25) is 0 Å². The van der Waals surface area contributed by atoms with Gasteiger partial charge in [-0.15, -0.1) is 0 Å². The van der Waals surface area contributed by atoms with Gasteiger partial charge in [-0.3, -0.25) is 4.79 Å². The van der Waals surface area contributed by atoms with Crippen molar-refractivity contribution in [1.82, 2.24) is 10.2 Å². The fourth-order valence-electron chi connectivity index (χ4n) is 2.33. The monoisotopic (exact) mass is 310 g/mol. The molecule has 2 amide bonds. The molecule has 0 aromatic heterocycles. The molecule has 0 radical (unpaired) electrons. The molecule has 1 fully saturated rings. The van der Waals surface area contributed by atoms with E-state index in [2.05, 4.69) is 5.32 Å². The number of nitrogens with one attached hydrogen (secondary N) is 1. The highest BCUT2D eigenvalue weighted by atomic mass is 19.4. The second-order valence-corrected chi connectivity index (χ2v) is 5.82. The third kappa shape index (κ3) is 4.01. The van der Waals surface area contributed by atoms with Crippen molar-refractivity contribution in [2.45, 2.75) is 39.3 Å². The summed E-state index contributed by atoms with van der Waals surface area (Å²) in [6.07, 6.45) is -3.83. The Kier molecular flexibility index (Phi) is 5.47. The van der Waals surface area contributed by atoms with E-state index in [1.165, 1.54) is 0 Å². The summed E-state index contributed by atoms with van der Waals surface area (Å²) in [5, 5.41) is 11.4. The zero-order valence-electron chi connectivity index (χ0n) is 12.2. The van der Waals surface area contributed by atoms with Gasteiger partial charge < -0.3 is 15.3 Å². The van der Waals surface area contributed by atoms with Crippen LogP contribution in [0.5, 0.6) is 0 Å². The Hall–Kier alpha value is -1.47. The number of carbonyl (C=O) groups is 2. The summed E-state index contributed by atoms with van der Waals surface area (Å²) >= 11 is 0. The fourth-order valence-corrected chi connectivity index (χ4v) is 2.33. The molecule has 0 aromatic carbocycles. The fraction of sp³-hybridized carbons (Fsp3) is 0.846. The van der Waals surface area contributed by atoms with Crippen LogP contribution in [0.3, 0.4) is 0 Å². The van der Waals surface area contributed by atoms with E-state index in [1.54, 1.807) is 0 Å². The Morgan fingerprint density at radius 3 is 2.43 bits per heavy atom. The van der Waals surface area contributed by atoms with E-state index < -0.39 is 36.6 Å². The smallest absolute Gasteiger partial charge is 0.406 e. The van der Waals surface area contributed by atoms with E-state index in [4.69, 9.17) is 5.11 Å². The molecular weight excluding hydrogens is 289 g/mol. The first-order chi connectivity index (χ1) is 9.60. The number of halogens is 3. The van der Waals surface area contributed by atoms with E-state index in [1.807, 2.05) is 13.8 Å². The lowest BCUT2D eigenvalue weighted by Gasteiger charge is -2.27. The molecule has 0 bridgehead atoms. The molecular formula is C13H21F3N2O3. The van der Waals surface area contributed by atoms with Crippen molar-refractivity contribution in [3.8, 4) is 0 Å². The predicted octanol–water partition coefficient (Wildman–Crippen LogP) is 2.47. The van der Waals surface area contributed by atoms with Crippen LogP contribution in [-0.4, -0.2) is 47.8 Å². The highest BCUT2D eigenvalue weighted by Gasteiger charge is 2.64. The molecule has 1 aliphatic rings. The molecule has 0 spiro atoms. The molecule has 1 saturated heterocycles. The number of rotatable bonds is 5. The van der Waals surface area contributed by atoms with Crippen LogP contribution in [0.2, 0.25) is 0 Å². The molecule has 0 aliphatic carbocycles. The number of alkyl halides is 3. The Morgan fingerprint density at radius 2 is 2.00 bits per heavy atom. The minimum absolute atomic E-state index is 0.207. The van der Waals surface area contributed by atoms with Gasteiger partial charge in [-0.25, -0.2) is 4.79 Å². The number of hydrogen-bond acceptors (Lipinski definition) is 2. The summed E-state index contributed by atoms with van der Waals surface area (Å²) in [4.78, 5) is 23.7. The maximum absolute atomic E-state index is 13.0. The molecule has 8 heteroatoms. The molecule has 2 N–H and O–H groups in total. The Labute approximate surface area is 121 Å². The summed E-state index contributed by atoms with van der Waals surface area (Å²) in [5.74, 6) is -1.44. The van der Waals surface area contributed by atoms with E-state index in [0.29, 0.717) is 12.5 Å². The maximum Gasteiger partial charge on any atom is 0.406 e. The minimum Gasteiger partial charge on any atom is -0.481 e. The van der Waals surface area contributed by atoms with Gasteiger partial charge in [0.25, 0.3) is 0 Å². The van der Waals surface area contributed by atoms with Crippen molar-refractivity contribution < 1.29 is 27.9 Å². The molecule has 0 saturated carbocycles. The van der Waals surface area contributed by atoms with Crippen LogP contribution in [0, 0.1) is 11.3 Å². The second kappa shape index (κ2) is 6.53. The molecule has 21 heavy (non-hydrogen) atoms. The normalized spacial score (nSPS) is 22.7. The average Bonchev–Trinajstić information content (AvgIpc) is 2.80. The lowest BCUT2D eigenvalue weighted by atomic mass is 9.86. The average molecular weight is 310 g/mol. The van der Waals surface area contributed by atoms with Gasteiger partial charge in [-0.1, -0.05) is 13.8 Å². The number of amides is 2. The molecule has 1 unspecified atom stereocenters. The van der Waals surface area contributed by atoms with E-state index in [0.717, 1.165) is 17.7 Å². The summed E-state index contributed by atoms with van der Waals surface area (Å²) in [7, 11) is 0. The number of urea groups is 1. The van der Waals surface area contributed by atoms with Gasteiger partial charge in [-0.2, -0.15) is 13.2 Å². The van der Waals surface area contributed by atoms with E-state index in [9.17, 15) is 22.8 Å². The molecule has 122 valence electrons. The van der Waals surface area contributed by atoms with Crippen LogP contribution in [0.15, 0.2) is 0 Å². The van der Waals surface area contributed by atoms with Crippen molar-refractivity contribution in [2.75, 3.05) is 19.6 Å². The van der Waals surface area contributed by atoms with Crippen molar-refractivity contribution in [2.24, 2.45) is 11.3 Å². The van der Waals surface area contributed by atoms with Gasteiger partial charge in [0, 0.05) is 19.6 Å². The lowest BCUT2D eigenvalue weighted by molar-refractivity contribution is -0.226. The van der Waals surface area contributed by atoms with E-state index >= 15 is 0 Å². The second-order valence-electron chi connectivity index (χ2n) is 5.82. The predicted molar refractivity (Wildman–Crippen MR) is 69.8 cm³/mol. The Bertz CT molecular complexity index is 399. The zero-order valence-corrected chi connectivity index (χ0v) is 12.2. The number of carbonyl (C=O) groups excluding carboxylic acids is 1. The molecule has 1 rings (SSSR count). The van der Waals surface area contributed by atoms with Gasteiger partial charge in [-0.05, 0) is 25.2 Å². The molecule has 5 nitrogen and oxygen atoms in total. The van der Waals surface area contributed by atoms with Gasteiger partial charge in [0.05, 0.1) is 0 Å². The number of carboxylic acids is 1. The van der Waals surface area contributed by atoms with Gasteiger partial charge in [0.1, 0.15) is 0 Å². The summed E-state index contributed by atoms with van der Waals surface area (Å²) < 4.78 is 38.9. The van der Waals surface area contributed by atoms with Crippen LogP contribution in [-0.2, 0) is 4.79 Å². The summed E-state index contributed by atoms with van der Waals surface area (Å²) in [5.41, 5.74) is -2.84. The highest BCUT2D eigenvalue weighted by molar-refractivity contribution is 5.80. The minimum atomic E-state index is -4.87. The summed E-state index contributed by atoms with van der Waals surface area (Å²) in [6, 6.07) is -0.633. The SMILES string of the molecule is CC(C)CCCNC(=O)N1CCC(C(=O)O)(C(F)(F)F)C1. The third-order valence-electron chi connectivity index (χ3n) is 3.74. The topological polar surface area (TPSA) is 69.6 Å². The quantitative estimate of drug-likeness (QED) is 0.766.